The predicted molar refractivity (Wildman–Crippen MR) is 66.6 cm³/mol. The highest BCUT2D eigenvalue weighted by Gasteiger charge is 2.03. The Hall–Kier alpha value is -2.32. The molecule has 1 rings (SSSR count). The molecule has 0 aromatic heterocycles. The van der Waals surface area contributed by atoms with E-state index in [1.165, 1.54) is 6.08 Å². The summed E-state index contributed by atoms with van der Waals surface area (Å²) in [4.78, 5) is 10.9. The van der Waals surface area contributed by atoms with E-state index in [1.807, 2.05) is 0 Å². The standard InChI is InChI=1S/C13H14N2O3/c1-17-6-7-18-12-4-2-10(3-5-12)8-11(9-14)13(15)16/h2-5,8H,6-7H2,1H3,(H2,15,16)/b11-8-. The van der Waals surface area contributed by atoms with Gasteiger partial charge in [-0.25, -0.2) is 0 Å². The highest BCUT2D eigenvalue weighted by Crippen LogP contribution is 2.14. The molecule has 1 amide bonds. The third-order valence-electron chi connectivity index (χ3n) is 2.13. The maximum atomic E-state index is 10.9. The first-order valence-electron chi connectivity index (χ1n) is 5.30. The van der Waals surface area contributed by atoms with Crippen LogP contribution < -0.4 is 10.5 Å². The van der Waals surface area contributed by atoms with E-state index >= 15 is 0 Å². The first-order valence-corrected chi connectivity index (χ1v) is 5.30. The second kappa shape index (κ2) is 7.09. The lowest BCUT2D eigenvalue weighted by Crippen LogP contribution is -2.12. The molecule has 94 valence electrons. The molecular formula is C13H14N2O3. The van der Waals surface area contributed by atoms with Crippen molar-refractivity contribution in [2.75, 3.05) is 20.3 Å². The first kappa shape index (κ1) is 13.7. The van der Waals surface area contributed by atoms with Gasteiger partial charge in [-0.1, -0.05) is 12.1 Å². The van der Waals surface area contributed by atoms with E-state index in [-0.39, 0.29) is 5.57 Å². The topological polar surface area (TPSA) is 85.3 Å². The van der Waals surface area contributed by atoms with Crippen LogP contribution in [-0.4, -0.2) is 26.2 Å². The van der Waals surface area contributed by atoms with Gasteiger partial charge in [-0.2, -0.15) is 5.26 Å². The molecule has 1 aromatic rings. The number of ether oxygens (including phenoxy) is 2. The molecule has 5 nitrogen and oxygen atoms in total. The van der Waals surface area contributed by atoms with Crippen molar-refractivity contribution in [3.05, 3.63) is 35.4 Å². The summed E-state index contributed by atoms with van der Waals surface area (Å²) in [6.07, 6.45) is 1.43. The molecule has 0 unspecified atom stereocenters. The van der Waals surface area contributed by atoms with E-state index in [0.717, 1.165) is 0 Å². The number of amides is 1. The maximum Gasteiger partial charge on any atom is 0.259 e. The Bertz CT molecular complexity index is 472. The molecule has 1 aromatic carbocycles. The molecular weight excluding hydrogens is 232 g/mol. The summed E-state index contributed by atoms with van der Waals surface area (Å²) in [6, 6.07) is 8.72. The number of methoxy groups -OCH3 is 1. The zero-order valence-electron chi connectivity index (χ0n) is 10.1. The lowest BCUT2D eigenvalue weighted by Gasteiger charge is -2.05. The Morgan fingerprint density at radius 3 is 2.56 bits per heavy atom. The fourth-order valence-electron chi connectivity index (χ4n) is 1.23. The monoisotopic (exact) mass is 246 g/mol. The number of hydrogen-bond donors (Lipinski definition) is 1. The van der Waals surface area contributed by atoms with Crippen LogP contribution in [0.2, 0.25) is 0 Å². The highest BCUT2D eigenvalue weighted by atomic mass is 16.5. The number of nitrogens with zero attached hydrogens (tertiary/aromatic N) is 1. The summed E-state index contributed by atoms with van der Waals surface area (Å²) in [5.74, 6) is -0.0419. The Kier molecular flexibility index (Phi) is 5.42. The zero-order chi connectivity index (χ0) is 13.4. The van der Waals surface area contributed by atoms with Crippen LogP contribution in [0.1, 0.15) is 5.56 Å². The lowest BCUT2D eigenvalue weighted by molar-refractivity contribution is -0.114. The van der Waals surface area contributed by atoms with Crippen LogP contribution in [0.15, 0.2) is 29.8 Å². The average molecular weight is 246 g/mol. The molecule has 2 N–H and O–H groups in total. The molecule has 0 saturated heterocycles. The third kappa shape index (κ3) is 4.28. The van der Waals surface area contributed by atoms with E-state index in [1.54, 1.807) is 37.4 Å². The van der Waals surface area contributed by atoms with E-state index in [4.69, 9.17) is 20.5 Å². The number of carbonyl (C=O) groups excluding carboxylic acids is 1. The summed E-state index contributed by atoms with van der Waals surface area (Å²) in [6.45, 7) is 0.984. The van der Waals surface area contributed by atoms with Crippen molar-refractivity contribution >= 4 is 12.0 Å². The summed E-state index contributed by atoms with van der Waals surface area (Å²) >= 11 is 0. The van der Waals surface area contributed by atoms with Crippen molar-refractivity contribution in [2.24, 2.45) is 5.73 Å². The normalized spacial score (nSPS) is 10.8. The minimum absolute atomic E-state index is 0.0805. The molecule has 18 heavy (non-hydrogen) atoms. The average Bonchev–Trinajstić information content (AvgIpc) is 2.37. The molecule has 0 bridgehead atoms. The predicted octanol–water partition coefficient (Wildman–Crippen LogP) is 1.10. The minimum Gasteiger partial charge on any atom is -0.491 e. The number of hydrogen-bond acceptors (Lipinski definition) is 4. The van der Waals surface area contributed by atoms with Crippen molar-refractivity contribution in [1.29, 1.82) is 5.26 Å². The zero-order valence-corrected chi connectivity index (χ0v) is 10.1. The second-order valence-electron chi connectivity index (χ2n) is 3.44. The molecule has 0 spiro atoms. The summed E-state index contributed by atoms with van der Waals surface area (Å²) in [5, 5.41) is 8.70. The maximum absolute atomic E-state index is 10.9. The number of benzene rings is 1. The molecule has 0 fully saturated rings. The second-order valence-corrected chi connectivity index (χ2v) is 3.44. The molecule has 0 radical (unpaired) electrons. The van der Waals surface area contributed by atoms with Crippen LogP contribution in [0.3, 0.4) is 0 Å². The van der Waals surface area contributed by atoms with Gasteiger partial charge in [0.2, 0.25) is 0 Å². The quantitative estimate of drug-likeness (QED) is 0.462. The van der Waals surface area contributed by atoms with Crippen LogP contribution in [-0.2, 0) is 9.53 Å². The fourth-order valence-corrected chi connectivity index (χ4v) is 1.23. The van der Waals surface area contributed by atoms with Crippen LogP contribution >= 0.6 is 0 Å². The van der Waals surface area contributed by atoms with Crippen LogP contribution in [0.4, 0.5) is 0 Å². The van der Waals surface area contributed by atoms with Crippen LogP contribution in [0, 0.1) is 11.3 Å². The van der Waals surface area contributed by atoms with E-state index in [2.05, 4.69) is 0 Å². The largest absolute Gasteiger partial charge is 0.491 e. The van der Waals surface area contributed by atoms with Crippen molar-refractivity contribution in [2.45, 2.75) is 0 Å². The molecule has 0 aliphatic heterocycles. The number of nitriles is 1. The van der Waals surface area contributed by atoms with Gasteiger partial charge in [0.1, 0.15) is 24.0 Å². The van der Waals surface area contributed by atoms with Crippen molar-refractivity contribution in [3.63, 3.8) is 0 Å². The minimum atomic E-state index is -0.738. The molecule has 0 saturated carbocycles. The van der Waals surface area contributed by atoms with Gasteiger partial charge >= 0.3 is 0 Å². The van der Waals surface area contributed by atoms with Gasteiger partial charge < -0.3 is 15.2 Å². The van der Waals surface area contributed by atoms with Crippen molar-refractivity contribution < 1.29 is 14.3 Å². The van der Waals surface area contributed by atoms with E-state index in [0.29, 0.717) is 24.5 Å². The number of carbonyl (C=O) groups is 1. The Labute approximate surface area is 105 Å². The Balaban J connectivity index is 2.71. The fraction of sp³-hybridized carbons (Fsp3) is 0.231. The Morgan fingerprint density at radius 1 is 1.39 bits per heavy atom. The third-order valence-corrected chi connectivity index (χ3v) is 2.13. The van der Waals surface area contributed by atoms with Gasteiger partial charge in [0, 0.05) is 7.11 Å². The van der Waals surface area contributed by atoms with Gasteiger partial charge in [-0.3, -0.25) is 4.79 Å². The molecule has 0 aliphatic carbocycles. The lowest BCUT2D eigenvalue weighted by atomic mass is 10.1. The Morgan fingerprint density at radius 2 is 2.06 bits per heavy atom. The van der Waals surface area contributed by atoms with E-state index in [9.17, 15) is 4.79 Å². The van der Waals surface area contributed by atoms with Gasteiger partial charge in [-0.05, 0) is 23.8 Å². The molecule has 0 heterocycles. The van der Waals surface area contributed by atoms with Crippen LogP contribution in [0.25, 0.3) is 6.08 Å². The highest BCUT2D eigenvalue weighted by molar-refractivity contribution is 6.00. The summed E-state index contributed by atoms with van der Waals surface area (Å²) in [7, 11) is 1.60. The number of primary amides is 1. The van der Waals surface area contributed by atoms with Gasteiger partial charge in [0.25, 0.3) is 5.91 Å². The first-order chi connectivity index (χ1) is 8.67. The molecule has 5 heteroatoms. The molecule has 0 atom stereocenters. The number of nitrogens with two attached hydrogens (primary N) is 1. The van der Waals surface area contributed by atoms with Gasteiger partial charge in [-0.15, -0.1) is 0 Å². The van der Waals surface area contributed by atoms with Crippen molar-refractivity contribution in [1.82, 2.24) is 0 Å². The molecule has 0 aliphatic rings. The van der Waals surface area contributed by atoms with Crippen LogP contribution in [0.5, 0.6) is 5.75 Å². The summed E-state index contributed by atoms with van der Waals surface area (Å²) in [5.41, 5.74) is 5.67. The SMILES string of the molecule is COCCOc1ccc(/C=C(/C#N)C(N)=O)cc1. The van der Waals surface area contributed by atoms with Crippen molar-refractivity contribution in [3.8, 4) is 11.8 Å². The smallest absolute Gasteiger partial charge is 0.259 e. The van der Waals surface area contributed by atoms with E-state index < -0.39 is 5.91 Å². The van der Waals surface area contributed by atoms with Gasteiger partial charge in [0.05, 0.1) is 6.61 Å². The summed E-state index contributed by atoms with van der Waals surface area (Å²) < 4.78 is 10.2. The van der Waals surface area contributed by atoms with Gasteiger partial charge in [0.15, 0.2) is 0 Å². The number of rotatable bonds is 6.